The molecule has 154 valence electrons. The van der Waals surface area contributed by atoms with Crippen molar-refractivity contribution in [1.82, 2.24) is 10.6 Å². The van der Waals surface area contributed by atoms with E-state index in [2.05, 4.69) is 22.9 Å². The molecule has 0 atom stereocenters. The number of ether oxygens (including phenoxy) is 2. The van der Waals surface area contributed by atoms with Crippen molar-refractivity contribution in [3.05, 3.63) is 41.9 Å². The number of halogens is 1. The van der Waals surface area contributed by atoms with Crippen LogP contribution in [0.5, 0.6) is 11.5 Å². The van der Waals surface area contributed by atoms with Crippen LogP contribution in [0.25, 0.3) is 0 Å². The van der Waals surface area contributed by atoms with E-state index >= 15 is 0 Å². The SMILES string of the molecule is CCCNCCNC(=O)c1cc(OC)c(OC)cc1NC(=O)c1ccco1.Cl. The second-order valence-electron chi connectivity index (χ2n) is 5.69. The van der Waals surface area contributed by atoms with Crippen molar-refractivity contribution in [2.75, 3.05) is 39.2 Å². The summed E-state index contributed by atoms with van der Waals surface area (Å²) in [7, 11) is 2.96. The molecule has 0 fully saturated rings. The van der Waals surface area contributed by atoms with Crippen molar-refractivity contribution < 1.29 is 23.5 Å². The normalized spacial score (nSPS) is 9.96. The molecular formula is C19H26ClN3O5. The molecule has 8 nitrogen and oxygen atoms in total. The van der Waals surface area contributed by atoms with E-state index in [1.54, 1.807) is 12.1 Å². The number of nitrogens with one attached hydrogen (secondary N) is 3. The van der Waals surface area contributed by atoms with Crippen molar-refractivity contribution >= 4 is 29.9 Å². The van der Waals surface area contributed by atoms with Gasteiger partial charge in [0.1, 0.15) is 0 Å². The van der Waals surface area contributed by atoms with E-state index in [0.29, 0.717) is 30.3 Å². The molecule has 0 bridgehead atoms. The van der Waals surface area contributed by atoms with E-state index in [-0.39, 0.29) is 29.6 Å². The van der Waals surface area contributed by atoms with Crippen molar-refractivity contribution in [2.45, 2.75) is 13.3 Å². The Morgan fingerprint density at radius 3 is 2.36 bits per heavy atom. The number of hydrogen-bond donors (Lipinski definition) is 3. The Balaban J connectivity index is 0.00000392. The van der Waals surface area contributed by atoms with Gasteiger partial charge in [0.2, 0.25) is 0 Å². The third kappa shape index (κ3) is 6.17. The average Bonchev–Trinajstić information content (AvgIpc) is 3.22. The van der Waals surface area contributed by atoms with Gasteiger partial charge in [0.15, 0.2) is 17.3 Å². The Hall–Kier alpha value is -2.71. The molecule has 2 amide bonds. The van der Waals surface area contributed by atoms with Crippen LogP contribution in [0.2, 0.25) is 0 Å². The topological polar surface area (TPSA) is 102 Å². The highest BCUT2D eigenvalue weighted by Crippen LogP contribution is 2.33. The quantitative estimate of drug-likeness (QED) is 0.519. The van der Waals surface area contributed by atoms with Gasteiger partial charge in [-0.25, -0.2) is 0 Å². The zero-order valence-electron chi connectivity index (χ0n) is 16.2. The van der Waals surface area contributed by atoms with Crippen LogP contribution in [0.1, 0.15) is 34.3 Å². The number of rotatable bonds is 10. The van der Waals surface area contributed by atoms with Crippen LogP contribution in [-0.4, -0.2) is 45.7 Å². The largest absolute Gasteiger partial charge is 0.493 e. The van der Waals surface area contributed by atoms with Gasteiger partial charge in [0, 0.05) is 19.2 Å². The maximum Gasteiger partial charge on any atom is 0.291 e. The molecule has 28 heavy (non-hydrogen) atoms. The molecule has 0 aliphatic heterocycles. The predicted octanol–water partition coefficient (Wildman–Crippen LogP) is 2.70. The fourth-order valence-electron chi connectivity index (χ4n) is 2.42. The van der Waals surface area contributed by atoms with Crippen molar-refractivity contribution in [2.24, 2.45) is 0 Å². The molecule has 3 N–H and O–H groups in total. The molecule has 0 spiro atoms. The zero-order chi connectivity index (χ0) is 19.6. The van der Waals surface area contributed by atoms with Gasteiger partial charge in [-0.05, 0) is 31.2 Å². The Kier molecular flexibility index (Phi) is 9.91. The molecule has 2 aromatic rings. The summed E-state index contributed by atoms with van der Waals surface area (Å²) in [6.45, 7) is 4.07. The van der Waals surface area contributed by atoms with E-state index in [4.69, 9.17) is 13.9 Å². The Bertz CT molecular complexity index is 765. The number of hydrogen-bond acceptors (Lipinski definition) is 6. The lowest BCUT2D eigenvalue weighted by molar-refractivity contribution is 0.0954. The van der Waals surface area contributed by atoms with Gasteiger partial charge in [0.05, 0.1) is 31.7 Å². The fourth-order valence-corrected chi connectivity index (χ4v) is 2.42. The highest BCUT2D eigenvalue weighted by molar-refractivity contribution is 6.08. The molecule has 0 aliphatic carbocycles. The first-order valence-corrected chi connectivity index (χ1v) is 8.70. The van der Waals surface area contributed by atoms with E-state index in [0.717, 1.165) is 13.0 Å². The van der Waals surface area contributed by atoms with E-state index in [9.17, 15) is 9.59 Å². The minimum Gasteiger partial charge on any atom is -0.493 e. The maximum absolute atomic E-state index is 12.6. The van der Waals surface area contributed by atoms with Crippen molar-refractivity contribution in [3.63, 3.8) is 0 Å². The third-order valence-corrected chi connectivity index (χ3v) is 3.78. The number of methoxy groups -OCH3 is 2. The van der Waals surface area contributed by atoms with Crippen LogP contribution < -0.4 is 25.4 Å². The van der Waals surface area contributed by atoms with Gasteiger partial charge in [-0.3, -0.25) is 9.59 Å². The smallest absolute Gasteiger partial charge is 0.291 e. The third-order valence-electron chi connectivity index (χ3n) is 3.78. The van der Waals surface area contributed by atoms with Crippen molar-refractivity contribution in [3.8, 4) is 11.5 Å². The fraction of sp³-hybridized carbons (Fsp3) is 0.368. The Morgan fingerprint density at radius 1 is 1.04 bits per heavy atom. The number of furan rings is 1. The van der Waals surface area contributed by atoms with E-state index in [1.165, 1.54) is 32.6 Å². The summed E-state index contributed by atoms with van der Waals surface area (Å²) in [6.07, 6.45) is 2.42. The molecular weight excluding hydrogens is 386 g/mol. The van der Waals surface area contributed by atoms with Gasteiger partial charge in [-0.2, -0.15) is 0 Å². The molecule has 1 aromatic heterocycles. The van der Waals surface area contributed by atoms with E-state index in [1.807, 2.05) is 0 Å². The molecule has 2 rings (SSSR count). The number of anilines is 1. The summed E-state index contributed by atoms with van der Waals surface area (Å²) < 4.78 is 15.6. The second-order valence-corrected chi connectivity index (χ2v) is 5.69. The average molecular weight is 412 g/mol. The first-order valence-electron chi connectivity index (χ1n) is 8.70. The first kappa shape index (κ1) is 23.3. The standard InChI is InChI=1S/C19H25N3O5.ClH/c1-4-7-20-8-9-21-18(23)13-11-16(25-2)17(26-3)12-14(13)22-19(24)15-6-5-10-27-15;/h5-6,10-12,20H,4,7-9H2,1-3H3,(H,21,23)(H,22,24);1H. The second kappa shape index (κ2) is 11.9. The van der Waals surface area contributed by atoms with Crippen LogP contribution in [0.4, 0.5) is 5.69 Å². The van der Waals surface area contributed by atoms with Gasteiger partial charge in [0.25, 0.3) is 11.8 Å². The Morgan fingerprint density at radius 2 is 1.75 bits per heavy atom. The van der Waals surface area contributed by atoms with E-state index < -0.39 is 5.91 Å². The van der Waals surface area contributed by atoms with Gasteiger partial charge in [-0.1, -0.05) is 6.92 Å². The monoisotopic (exact) mass is 411 g/mol. The number of carbonyl (C=O) groups excluding carboxylic acids is 2. The van der Waals surface area contributed by atoms with Gasteiger partial charge in [-0.15, -0.1) is 12.4 Å². The highest BCUT2D eigenvalue weighted by atomic mass is 35.5. The van der Waals surface area contributed by atoms with Crippen LogP contribution in [-0.2, 0) is 0 Å². The number of benzene rings is 1. The highest BCUT2D eigenvalue weighted by Gasteiger charge is 2.19. The lowest BCUT2D eigenvalue weighted by Gasteiger charge is -2.15. The molecule has 1 aromatic carbocycles. The summed E-state index contributed by atoms with van der Waals surface area (Å²) in [6, 6.07) is 6.23. The molecule has 0 saturated carbocycles. The van der Waals surface area contributed by atoms with Crippen LogP contribution in [0, 0.1) is 0 Å². The molecule has 0 radical (unpaired) electrons. The number of amides is 2. The summed E-state index contributed by atoms with van der Waals surface area (Å²) in [4.78, 5) is 24.9. The number of carbonyl (C=O) groups is 2. The predicted molar refractivity (Wildman–Crippen MR) is 109 cm³/mol. The maximum atomic E-state index is 12.6. The molecule has 9 heteroatoms. The lowest BCUT2D eigenvalue weighted by atomic mass is 10.1. The minimum atomic E-state index is -0.467. The first-order chi connectivity index (χ1) is 13.1. The van der Waals surface area contributed by atoms with Crippen LogP contribution >= 0.6 is 12.4 Å². The minimum absolute atomic E-state index is 0. The molecule has 0 saturated heterocycles. The van der Waals surface area contributed by atoms with Gasteiger partial charge >= 0.3 is 0 Å². The summed E-state index contributed by atoms with van der Waals surface area (Å²) in [5.41, 5.74) is 0.566. The van der Waals surface area contributed by atoms with Crippen molar-refractivity contribution in [1.29, 1.82) is 0 Å². The zero-order valence-corrected chi connectivity index (χ0v) is 17.0. The summed E-state index contributed by atoms with van der Waals surface area (Å²) in [5, 5.41) is 8.71. The lowest BCUT2D eigenvalue weighted by Crippen LogP contribution is -2.32. The molecule has 0 unspecified atom stereocenters. The van der Waals surface area contributed by atoms with Crippen LogP contribution in [0.15, 0.2) is 34.9 Å². The summed E-state index contributed by atoms with van der Waals surface area (Å²) in [5.74, 6) is 0.131. The molecule has 0 aliphatic rings. The molecule has 1 heterocycles. The van der Waals surface area contributed by atoms with Gasteiger partial charge < -0.3 is 29.8 Å². The summed E-state index contributed by atoms with van der Waals surface area (Å²) >= 11 is 0. The van der Waals surface area contributed by atoms with Crippen LogP contribution in [0.3, 0.4) is 0 Å². The Labute approximate surface area is 170 Å².